The average Bonchev–Trinajstić information content (AvgIpc) is 3.33. The Morgan fingerprint density at radius 1 is 1.03 bits per heavy atom. The molecule has 1 saturated heterocycles. The quantitative estimate of drug-likeness (QED) is 0.453. The van der Waals surface area contributed by atoms with Crippen LogP contribution in [0.25, 0.3) is 22.4 Å². The Morgan fingerprint density at radius 2 is 1.79 bits per heavy atom. The lowest BCUT2D eigenvalue weighted by atomic mass is 9.96. The molecule has 4 aromatic rings. The largest absolute Gasteiger partial charge is 0.339 e. The lowest BCUT2D eigenvalue weighted by Gasteiger charge is -2.30. The summed E-state index contributed by atoms with van der Waals surface area (Å²) in [6.45, 7) is 1.08. The van der Waals surface area contributed by atoms with Crippen LogP contribution in [0.2, 0.25) is 0 Å². The van der Waals surface area contributed by atoms with E-state index in [0.717, 1.165) is 11.8 Å². The summed E-state index contributed by atoms with van der Waals surface area (Å²) in [6.07, 6.45) is 4.04. The lowest BCUT2D eigenvalue weighted by Crippen LogP contribution is -2.38. The van der Waals surface area contributed by atoms with E-state index in [4.69, 9.17) is 4.52 Å². The zero-order valence-corrected chi connectivity index (χ0v) is 18.7. The van der Waals surface area contributed by atoms with Crippen molar-refractivity contribution in [2.75, 3.05) is 19.3 Å². The molecule has 0 atom stereocenters. The van der Waals surface area contributed by atoms with E-state index in [2.05, 4.69) is 20.1 Å². The van der Waals surface area contributed by atoms with Gasteiger partial charge in [0.2, 0.25) is 11.7 Å². The molecule has 0 bridgehead atoms. The lowest BCUT2D eigenvalue weighted by molar-refractivity contribution is 0.0698. The van der Waals surface area contributed by atoms with Gasteiger partial charge in [0.05, 0.1) is 22.1 Å². The van der Waals surface area contributed by atoms with Crippen LogP contribution in [0.1, 0.15) is 35.1 Å². The summed E-state index contributed by atoms with van der Waals surface area (Å²) in [5.41, 5.74) is 2.35. The first-order valence-electron chi connectivity index (χ1n) is 10.5. The Balaban J connectivity index is 1.27. The van der Waals surface area contributed by atoms with Crippen molar-refractivity contribution >= 4 is 26.8 Å². The number of hydrogen-bond acceptors (Lipinski definition) is 8. The highest BCUT2D eigenvalue weighted by Crippen LogP contribution is 2.29. The maximum Gasteiger partial charge on any atom is 0.274 e. The molecule has 1 amide bonds. The number of fused-ring (bicyclic) bond motifs is 1. The number of rotatable bonds is 4. The van der Waals surface area contributed by atoms with E-state index < -0.39 is 9.84 Å². The van der Waals surface area contributed by atoms with Gasteiger partial charge in [-0.2, -0.15) is 4.98 Å². The van der Waals surface area contributed by atoms with Crippen molar-refractivity contribution in [2.24, 2.45) is 0 Å². The number of likely N-dealkylation sites (tertiary alicyclic amines) is 1. The molecule has 1 aliphatic heterocycles. The van der Waals surface area contributed by atoms with Crippen LogP contribution in [0.4, 0.5) is 0 Å². The summed E-state index contributed by atoms with van der Waals surface area (Å²) >= 11 is 0. The normalized spacial score (nSPS) is 15.1. The standard InChI is InChI=1S/C23H21N5O4S/c1-33(30,31)17-6-4-5-16(13-17)21-26-22(32-27-21)15-9-11-28(12-10-15)23(29)20-14-24-18-7-2-3-8-19(18)25-20/h2-8,13-15H,9-12H2,1H3. The second-order valence-corrected chi connectivity index (χ2v) is 10.1. The Bertz CT molecular complexity index is 1440. The van der Waals surface area contributed by atoms with Crippen molar-refractivity contribution in [3.05, 3.63) is 66.3 Å². The molecule has 10 heteroatoms. The number of sulfone groups is 1. The third kappa shape index (κ3) is 4.34. The third-order valence-electron chi connectivity index (χ3n) is 5.76. The summed E-state index contributed by atoms with van der Waals surface area (Å²) in [7, 11) is -3.33. The topological polar surface area (TPSA) is 119 Å². The number of nitrogens with zero attached hydrogens (tertiary/aromatic N) is 5. The molecule has 0 saturated carbocycles. The minimum atomic E-state index is -3.33. The summed E-state index contributed by atoms with van der Waals surface area (Å²) in [5, 5.41) is 4.04. The van der Waals surface area contributed by atoms with E-state index in [-0.39, 0.29) is 16.7 Å². The monoisotopic (exact) mass is 463 g/mol. The van der Waals surface area contributed by atoms with Gasteiger partial charge in [0.15, 0.2) is 9.84 Å². The zero-order chi connectivity index (χ0) is 23.0. The molecule has 3 heterocycles. The first-order chi connectivity index (χ1) is 15.9. The second-order valence-electron chi connectivity index (χ2n) is 8.07. The van der Waals surface area contributed by atoms with Crippen LogP contribution in [0.3, 0.4) is 0 Å². The molecule has 0 N–H and O–H groups in total. The molecule has 9 nitrogen and oxygen atoms in total. The number of benzene rings is 2. The molecule has 0 aliphatic carbocycles. The number of piperidine rings is 1. The van der Waals surface area contributed by atoms with Gasteiger partial charge >= 0.3 is 0 Å². The molecule has 0 unspecified atom stereocenters. The van der Waals surface area contributed by atoms with Gasteiger partial charge in [0, 0.05) is 30.8 Å². The van der Waals surface area contributed by atoms with Gasteiger partial charge in [-0.25, -0.2) is 13.4 Å². The Kier molecular flexibility index (Phi) is 5.37. The van der Waals surface area contributed by atoms with Gasteiger partial charge < -0.3 is 9.42 Å². The molecule has 1 fully saturated rings. The zero-order valence-electron chi connectivity index (χ0n) is 17.9. The van der Waals surface area contributed by atoms with Crippen LogP contribution < -0.4 is 0 Å². The Hall–Kier alpha value is -3.66. The molecule has 0 spiro atoms. The highest BCUT2D eigenvalue weighted by Gasteiger charge is 2.29. The molecule has 1 aliphatic rings. The predicted octanol–water partition coefficient (Wildman–Crippen LogP) is 3.10. The summed E-state index contributed by atoms with van der Waals surface area (Å²) in [4.78, 5) is 28.2. The molecule has 168 valence electrons. The fourth-order valence-electron chi connectivity index (χ4n) is 3.94. The SMILES string of the molecule is CS(=O)(=O)c1cccc(-c2noc(C3CCN(C(=O)c4cnc5ccccc5n4)CC3)n2)c1. The van der Waals surface area contributed by atoms with Crippen molar-refractivity contribution in [1.29, 1.82) is 0 Å². The van der Waals surface area contributed by atoms with Crippen LogP contribution in [-0.2, 0) is 9.84 Å². The van der Waals surface area contributed by atoms with Gasteiger partial charge in [0.1, 0.15) is 5.69 Å². The Morgan fingerprint density at radius 3 is 2.55 bits per heavy atom. The molecule has 2 aromatic carbocycles. The summed E-state index contributed by atoms with van der Waals surface area (Å²) < 4.78 is 29.1. The highest BCUT2D eigenvalue weighted by molar-refractivity contribution is 7.90. The van der Waals surface area contributed by atoms with Crippen molar-refractivity contribution in [3.63, 3.8) is 0 Å². The van der Waals surface area contributed by atoms with Gasteiger partial charge in [0.25, 0.3) is 5.91 Å². The van der Waals surface area contributed by atoms with Crippen molar-refractivity contribution in [1.82, 2.24) is 25.0 Å². The maximum atomic E-state index is 12.9. The van der Waals surface area contributed by atoms with Crippen molar-refractivity contribution in [2.45, 2.75) is 23.7 Å². The number of carbonyl (C=O) groups is 1. The maximum absolute atomic E-state index is 12.9. The minimum Gasteiger partial charge on any atom is -0.339 e. The molecular formula is C23H21N5O4S. The average molecular weight is 464 g/mol. The van der Waals surface area contributed by atoms with Gasteiger partial charge in [-0.05, 0) is 37.1 Å². The first kappa shape index (κ1) is 21.2. The number of para-hydroxylation sites is 2. The van der Waals surface area contributed by atoms with Crippen LogP contribution in [-0.4, -0.2) is 58.7 Å². The number of amides is 1. The summed E-state index contributed by atoms with van der Waals surface area (Å²) in [5.74, 6) is 0.722. The van der Waals surface area contributed by atoms with Crippen LogP contribution in [0.15, 0.2) is 64.1 Å². The third-order valence-corrected chi connectivity index (χ3v) is 6.87. The highest BCUT2D eigenvalue weighted by atomic mass is 32.2. The number of carbonyl (C=O) groups excluding carboxylic acids is 1. The fraction of sp³-hybridized carbons (Fsp3) is 0.261. The first-order valence-corrected chi connectivity index (χ1v) is 12.4. The van der Waals surface area contributed by atoms with Crippen LogP contribution >= 0.6 is 0 Å². The molecule has 5 rings (SSSR count). The van der Waals surface area contributed by atoms with Crippen LogP contribution in [0, 0.1) is 0 Å². The molecular weight excluding hydrogens is 442 g/mol. The number of aromatic nitrogens is 4. The van der Waals surface area contributed by atoms with E-state index in [9.17, 15) is 13.2 Å². The Labute approximate surface area is 190 Å². The van der Waals surface area contributed by atoms with E-state index >= 15 is 0 Å². The molecule has 33 heavy (non-hydrogen) atoms. The van der Waals surface area contributed by atoms with Crippen LogP contribution in [0.5, 0.6) is 0 Å². The molecule has 2 aromatic heterocycles. The van der Waals surface area contributed by atoms with Gasteiger partial charge in [-0.15, -0.1) is 0 Å². The van der Waals surface area contributed by atoms with Crippen molar-refractivity contribution < 1.29 is 17.7 Å². The smallest absolute Gasteiger partial charge is 0.274 e. The fourth-order valence-corrected chi connectivity index (χ4v) is 4.60. The van der Waals surface area contributed by atoms with Gasteiger partial charge in [-0.3, -0.25) is 9.78 Å². The van der Waals surface area contributed by atoms with E-state index in [0.29, 0.717) is 54.4 Å². The second kappa shape index (κ2) is 8.36. The van der Waals surface area contributed by atoms with Gasteiger partial charge in [-0.1, -0.05) is 29.4 Å². The van der Waals surface area contributed by atoms with E-state index in [1.165, 1.54) is 18.3 Å². The summed E-state index contributed by atoms with van der Waals surface area (Å²) in [6, 6.07) is 13.9. The van der Waals surface area contributed by atoms with E-state index in [1.807, 2.05) is 24.3 Å². The van der Waals surface area contributed by atoms with Crippen molar-refractivity contribution in [3.8, 4) is 11.4 Å². The molecule has 0 radical (unpaired) electrons. The predicted molar refractivity (Wildman–Crippen MR) is 120 cm³/mol. The minimum absolute atomic E-state index is 0.0241. The number of hydrogen-bond donors (Lipinski definition) is 0. The van der Waals surface area contributed by atoms with E-state index in [1.54, 1.807) is 17.0 Å².